The average molecular weight is 261 g/mol. The standard InChI is InChI=1S/C14H19N3O2/c18-13(19)8-17-10-14(11-17)4-6-16(9-14)7-12-3-1-2-5-15-12/h1-3,5H,4,6-11H2,(H,18,19). The maximum atomic E-state index is 10.7. The lowest BCUT2D eigenvalue weighted by molar-refractivity contribution is -0.141. The first-order valence-electron chi connectivity index (χ1n) is 6.72. The Morgan fingerprint density at radius 2 is 2.11 bits per heavy atom. The molecule has 2 aliphatic heterocycles. The van der Waals surface area contributed by atoms with Crippen molar-refractivity contribution in [2.75, 3.05) is 32.7 Å². The molecule has 0 saturated carbocycles. The summed E-state index contributed by atoms with van der Waals surface area (Å²) in [6.07, 6.45) is 3.01. The molecule has 0 amide bonds. The van der Waals surface area contributed by atoms with Crippen LogP contribution in [0.4, 0.5) is 0 Å². The van der Waals surface area contributed by atoms with Crippen molar-refractivity contribution in [3.8, 4) is 0 Å². The molecule has 102 valence electrons. The van der Waals surface area contributed by atoms with Crippen LogP contribution in [0.3, 0.4) is 0 Å². The summed E-state index contributed by atoms with van der Waals surface area (Å²) in [7, 11) is 0. The van der Waals surface area contributed by atoms with Crippen molar-refractivity contribution >= 4 is 5.97 Å². The van der Waals surface area contributed by atoms with Crippen molar-refractivity contribution in [2.45, 2.75) is 13.0 Å². The van der Waals surface area contributed by atoms with E-state index in [2.05, 4.69) is 16.0 Å². The summed E-state index contributed by atoms with van der Waals surface area (Å²) in [4.78, 5) is 19.5. The van der Waals surface area contributed by atoms with E-state index in [4.69, 9.17) is 5.11 Å². The molecule has 1 aromatic heterocycles. The molecule has 3 heterocycles. The Kier molecular flexibility index (Phi) is 3.24. The molecule has 5 nitrogen and oxygen atoms in total. The first kappa shape index (κ1) is 12.6. The molecule has 2 aliphatic rings. The Balaban J connectivity index is 1.50. The number of pyridine rings is 1. The number of carboxylic acid groups (broad SMARTS) is 1. The summed E-state index contributed by atoms with van der Waals surface area (Å²) >= 11 is 0. The van der Waals surface area contributed by atoms with Crippen LogP contribution in [0.1, 0.15) is 12.1 Å². The second-order valence-electron chi connectivity index (χ2n) is 5.82. The molecule has 0 aromatic carbocycles. The molecule has 1 aromatic rings. The Labute approximate surface area is 112 Å². The maximum absolute atomic E-state index is 10.7. The highest BCUT2D eigenvalue weighted by Gasteiger charge is 2.47. The van der Waals surface area contributed by atoms with Gasteiger partial charge in [-0.3, -0.25) is 19.6 Å². The van der Waals surface area contributed by atoms with E-state index in [1.807, 2.05) is 23.2 Å². The van der Waals surface area contributed by atoms with Crippen LogP contribution in [-0.2, 0) is 11.3 Å². The third-order valence-corrected chi connectivity index (χ3v) is 4.11. The average Bonchev–Trinajstić information content (AvgIpc) is 2.73. The number of likely N-dealkylation sites (tertiary alicyclic amines) is 2. The Bertz CT molecular complexity index is 457. The second kappa shape index (κ2) is 4.90. The minimum absolute atomic E-state index is 0.183. The van der Waals surface area contributed by atoms with Gasteiger partial charge in [-0.1, -0.05) is 6.07 Å². The molecular formula is C14H19N3O2. The van der Waals surface area contributed by atoms with Gasteiger partial charge in [0, 0.05) is 37.8 Å². The molecular weight excluding hydrogens is 242 g/mol. The normalized spacial score (nSPS) is 22.5. The lowest BCUT2D eigenvalue weighted by Crippen LogP contribution is -2.58. The third-order valence-electron chi connectivity index (χ3n) is 4.11. The van der Waals surface area contributed by atoms with Gasteiger partial charge in [0.1, 0.15) is 0 Å². The predicted octanol–water partition coefficient (Wildman–Crippen LogP) is 0.674. The van der Waals surface area contributed by atoms with E-state index in [9.17, 15) is 4.79 Å². The fraction of sp³-hybridized carbons (Fsp3) is 0.571. The molecule has 2 fully saturated rings. The van der Waals surface area contributed by atoms with Crippen molar-refractivity contribution in [1.82, 2.24) is 14.8 Å². The van der Waals surface area contributed by atoms with E-state index >= 15 is 0 Å². The topological polar surface area (TPSA) is 56.7 Å². The van der Waals surface area contributed by atoms with Gasteiger partial charge in [0.05, 0.1) is 12.2 Å². The maximum Gasteiger partial charge on any atom is 0.317 e. The largest absolute Gasteiger partial charge is 0.480 e. The minimum atomic E-state index is -0.724. The van der Waals surface area contributed by atoms with Gasteiger partial charge < -0.3 is 5.11 Å². The van der Waals surface area contributed by atoms with E-state index in [0.717, 1.165) is 38.4 Å². The van der Waals surface area contributed by atoms with Gasteiger partial charge in [0.25, 0.3) is 0 Å². The van der Waals surface area contributed by atoms with Gasteiger partial charge >= 0.3 is 5.97 Å². The number of carbonyl (C=O) groups is 1. The van der Waals surface area contributed by atoms with Gasteiger partial charge in [-0.15, -0.1) is 0 Å². The number of carboxylic acids is 1. The van der Waals surface area contributed by atoms with Crippen molar-refractivity contribution in [3.05, 3.63) is 30.1 Å². The monoisotopic (exact) mass is 261 g/mol. The summed E-state index contributed by atoms with van der Waals surface area (Å²) in [5, 5.41) is 8.77. The summed E-state index contributed by atoms with van der Waals surface area (Å²) in [6, 6.07) is 6.01. The number of nitrogens with zero attached hydrogens (tertiary/aromatic N) is 3. The molecule has 1 N–H and O–H groups in total. The first-order valence-corrected chi connectivity index (χ1v) is 6.72. The van der Waals surface area contributed by atoms with Crippen LogP contribution in [0.15, 0.2) is 24.4 Å². The highest BCUT2D eigenvalue weighted by atomic mass is 16.4. The van der Waals surface area contributed by atoms with Crippen LogP contribution in [-0.4, -0.2) is 58.6 Å². The van der Waals surface area contributed by atoms with Crippen LogP contribution >= 0.6 is 0 Å². The van der Waals surface area contributed by atoms with Crippen molar-refractivity contribution in [2.24, 2.45) is 5.41 Å². The van der Waals surface area contributed by atoms with E-state index in [-0.39, 0.29) is 6.54 Å². The molecule has 3 rings (SSSR count). The third kappa shape index (κ3) is 2.77. The zero-order valence-electron chi connectivity index (χ0n) is 11.0. The molecule has 2 saturated heterocycles. The minimum Gasteiger partial charge on any atom is -0.480 e. The first-order chi connectivity index (χ1) is 9.15. The van der Waals surface area contributed by atoms with E-state index in [0.29, 0.717) is 5.41 Å². The number of aliphatic carboxylic acids is 1. The fourth-order valence-corrected chi connectivity index (χ4v) is 3.35. The lowest BCUT2D eigenvalue weighted by atomic mass is 9.79. The Hall–Kier alpha value is -1.46. The SMILES string of the molecule is O=C(O)CN1CC2(CCN(Cc3ccccn3)C2)C1. The molecule has 19 heavy (non-hydrogen) atoms. The fourth-order valence-electron chi connectivity index (χ4n) is 3.35. The Morgan fingerprint density at radius 1 is 1.32 bits per heavy atom. The second-order valence-corrected chi connectivity index (χ2v) is 5.82. The van der Waals surface area contributed by atoms with Gasteiger partial charge in [-0.2, -0.15) is 0 Å². The summed E-state index contributed by atoms with van der Waals surface area (Å²) in [5.41, 5.74) is 1.45. The lowest BCUT2D eigenvalue weighted by Gasteiger charge is -2.47. The van der Waals surface area contributed by atoms with E-state index in [1.54, 1.807) is 0 Å². The molecule has 1 spiro atoms. The van der Waals surface area contributed by atoms with Gasteiger partial charge in [-0.25, -0.2) is 0 Å². The number of hydrogen-bond donors (Lipinski definition) is 1. The van der Waals surface area contributed by atoms with Crippen LogP contribution in [0.5, 0.6) is 0 Å². The molecule has 0 atom stereocenters. The zero-order valence-corrected chi connectivity index (χ0v) is 11.0. The summed E-state index contributed by atoms with van der Waals surface area (Å²) in [5.74, 6) is -0.724. The zero-order chi connectivity index (χ0) is 13.3. The predicted molar refractivity (Wildman–Crippen MR) is 70.6 cm³/mol. The van der Waals surface area contributed by atoms with Crippen molar-refractivity contribution in [1.29, 1.82) is 0 Å². The van der Waals surface area contributed by atoms with Gasteiger partial charge in [-0.05, 0) is 25.1 Å². The van der Waals surface area contributed by atoms with Crippen LogP contribution in [0, 0.1) is 5.41 Å². The van der Waals surface area contributed by atoms with Crippen molar-refractivity contribution < 1.29 is 9.90 Å². The molecule has 0 radical (unpaired) electrons. The van der Waals surface area contributed by atoms with Crippen molar-refractivity contribution in [3.63, 3.8) is 0 Å². The van der Waals surface area contributed by atoms with Gasteiger partial charge in [0.15, 0.2) is 0 Å². The Morgan fingerprint density at radius 3 is 2.79 bits per heavy atom. The summed E-state index contributed by atoms with van der Waals surface area (Å²) in [6.45, 7) is 5.11. The highest BCUT2D eigenvalue weighted by molar-refractivity contribution is 5.69. The van der Waals surface area contributed by atoms with Crippen LogP contribution in [0.25, 0.3) is 0 Å². The quantitative estimate of drug-likeness (QED) is 0.863. The number of aromatic nitrogens is 1. The summed E-state index contributed by atoms with van der Waals surface area (Å²) < 4.78 is 0. The highest BCUT2D eigenvalue weighted by Crippen LogP contribution is 2.39. The van der Waals surface area contributed by atoms with Crippen LogP contribution < -0.4 is 0 Å². The molecule has 0 aliphatic carbocycles. The van der Waals surface area contributed by atoms with Crippen LogP contribution in [0.2, 0.25) is 0 Å². The molecule has 5 heteroatoms. The number of hydrogen-bond acceptors (Lipinski definition) is 4. The van der Waals surface area contributed by atoms with E-state index in [1.165, 1.54) is 6.42 Å². The smallest absolute Gasteiger partial charge is 0.317 e. The van der Waals surface area contributed by atoms with Gasteiger partial charge in [0.2, 0.25) is 0 Å². The van der Waals surface area contributed by atoms with E-state index < -0.39 is 5.97 Å². The number of rotatable bonds is 4. The molecule has 0 unspecified atom stereocenters. The molecule has 0 bridgehead atoms.